The standard InChI is InChI=1S/C17H20N4OS/c1-4-13(5-2)16-20-15(10-18)17(22-16)21-19-11-12-6-8-14(23-3)9-7-12/h6-9,11,13,21H,4-5H2,1-3H3/b19-11+. The first kappa shape index (κ1) is 17.1. The summed E-state index contributed by atoms with van der Waals surface area (Å²) in [6, 6.07) is 10.1. The Morgan fingerprint density at radius 2 is 2.04 bits per heavy atom. The summed E-state index contributed by atoms with van der Waals surface area (Å²) in [4.78, 5) is 5.45. The molecule has 0 spiro atoms. The molecule has 0 saturated heterocycles. The fourth-order valence-electron chi connectivity index (χ4n) is 2.16. The lowest BCUT2D eigenvalue weighted by Gasteiger charge is -2.05. The fraction of sp³-hybridized carbons (Fsp3) is 0.353. The predicted molar refractivity (Wildman–Crippen MR) is 94.0 cm³/mol. The zero-order valence-electron chi connectivity index (χ0n) is 13.5. The first-order valence-corrected chi connectivity index (χ1v) is 8.78. The number of rotatable bonds is 7. The molecular weight excluding hydrogens is 308 g/mol. The number of benzene rings is 1. The van der Waals surface area contributed by atoms with Gasteiger partial charge >= 0.3 is 0 Å². The average molecular weight is 328 g/mol. The van der Waals surface area contributed by atoms with Gasteiger partial charge in [0.25, 0.3) is 5.88 Å². The molecule has 1 N–H and O–H groups in total. The van der Waals surface area contributed by atoms with Gasteiger partial charge in [0.1, 0.15) is 6.07 Å². The number of nitrogens with zero attached hydrogens (tertiary/aromatic N) is 3. The molecule has 0 unspecified atom stereocenters. The van der Waals surface area contributed by atoms with Crippen molar-refractivity contribution in [3.63, 3.8) is 0 Å². The second-order valence-electron chi connectivity index (χ2n) is 5.00. The average Bonchev–Trinajstić information content (AvgIpc) is 2.99. The minimum absolute atomic E-state index is 0.223. The highest BCUT2D eigenvalue weighted by Crippen LogP contribution is 2.27. The van der Waals surface area contributed by atoms with Crippen molar-refractivity contribution >= 4 is 23.9 Å². The Kier molecular flexibility index (Phi) is 6.24. The largest absolute Gasteiger partial charge is 0.422 e. The van der Waals surface area contributed by atoms with Crippen LogP contribution in [-0.2, 0) is 0 Å². The molecule has 2 aromatic rings. The maximum absolute atomic E-state index is 9.17. The van der Waals surface area contributed by atoms with E-state index in [1.54, 1.807) is 18.0 Å². The number of thioether (sulfide) groups is 1. The number of hydrogen-bond acceptors (Lipinski definition) is 6. The summed E-state index contributed by atoms with van der Waals surface area (Å²) in [6.07, 6.45) is 5.57. The Hall–Kier alpha value is -2.26. The van der Waals surface area contributed by atoms with Crippen molar-refractivity contribution in [2.45, 2.75) is 37.5 Å². The van der Waals surface area contributed by atoms with Gasteiger partial charge in [-0.3, -0.25) is 0 Å². The molecule has 0 aliphatic carbocycles. The zero-order chi connectivity index (χ0) is 16.7. The van der Waals surface area contributed by atoms with Gasteiger partial charge in [-0.1, -0.05) is 26.0 Å². The van der Waals surface area contributed by atoms with Crippen LogP contribution in [0.4, 0.5) is 5.88 Å². The number of hydrogen-bond donors (Lipinski definition) is 1. The highest BCUT2D eigenvalue weighted by molar-refractivity contribution is 7.98. The van der Waals surface area contributed by atoms with Crippen LogP contribution in [0, 0.1) is 11.3 Å². The summed E-state index contributed by atoms with van der Waals surface area (Å²) in [6.45, 7) is 4.15. The molecule has 0 aliphatic rings. The van der Waals surface area contributed by atoms with Crippen molar-refractivity contribution in [3.05, 3.63) is 41.4 Å². The molecule has 0 atom stereocenters. The number of aromatic nitrogens is 1. The molecular formula is C17H20N4OS. The number of oxazole rings is 1. The van der Waals surface area contributed by atoms with Gasteiger partial charge in [0.05, 0.1) is 6.21 Å². The van der Waals surface area contributed by atoms with E-state index in [4.69, 9.17) is 9.68 Å². The second kappa shape index (κ2) is 8.39. The second-order valence-corrected chi connectivity index (χ2v) is 5.88. The molecule has 0 amide bonds. The Balaban J connectivity index is 2.10. The highest BCUT2D eigenvalue weighted by Gasteiger charge is 2.18. The SMILES string of the molecule is CCC(CC)c1nc(C#N)c(N/N=C/c2ccc(SC)cc2)o1. The van der Waals surface area contributed by atoms with Crippen molar-refractivity contribution in [1.82, 2.24) is 4.98 Å². The lowest BCUT2D eigenvalue weighted by atomic mass is 10.0. The first-order valence-electron chi connectivity index (χ1n) is 7.55. The topological polar surface area (TPSA) is 74.2 Å². The van der Waals surface area contributed by atoms with Gasteiger partial charge in [-0.25, -0.2) is 10.4 Å². The molecule has 0 radical (unpaired) electrons. The molecule has 120 valence electrons. The van der Waals surface area contributed by atoms with Crippen LogP contribution in [0.5, 0.6) is 0 Å². The van der Waals surface area contributed by atoms with E-state index in [2.05, 4.69) is 29.4 Å². The van der Waals surface area contributed by atoms with Crippen molar-refractivity contribution in [3.8, 4) is 6.07 Å². The smallest absolute Gasteiger partial charge is 0.252 e. The Morgan fingerprint density at radius 3 is 2.61 bits per heavy atom. The number of hydrazone groups is 1. The fourth-order valence-corrected chi connectivity index (χ4v) is 2.56. The number of nitriles is 1. The molecule has 2 rings (SSSR count). The molecule has 0 bridgehead atoms. The van der Waals surface area contributed by atoms with E-state index in [1.807, 2.05) is 36.6 Å². The van der Waals surface area contributed by atoms with Crippen LogP contribution in [0.1, 0.15) is 49.8 Å². The highest BCUT2D eigenvalue weighted by atomic mass is 32.2. The minimum Gasteiger partial charge on any atom is -0.422 e. The van der Waals surface area contributed by atoms with Crippen LogP contribution in [0.3, 0.4) is 0 Å². The minimum atomic E-state index is 0.223. The van der Waals surface area contributed by atoms with E-state index in [-0.39, 0.29) is 11.6 Å². The summed E-state index contributed by atoms with van der Waals surface area (Å²) >= 11 is 1.69. The first-order chi connectivity index (χ1) is 11.2. The summed E-state index contributed by atoms with van der Waals surface area (Å²) in [5.74, 6) is 1.11. The van der Waals surface area contributed by atoms with E-state index in [0.29, 0.717) is 11.8 Å². The summed E-state index contributed by atoms with van der Waals surface area (Å²) < 4.78 is 5.66. The number of nitrogens with one attached hydrogen (secondary N) is 1. The quantitative estimate of drug-likeness (QED) is 0.456. The van der Waals surface area contributed by atoms with E-state index in [0.717, 1.165) is 18.4 Å². The molecule has 5 nitrogen and oxygen atoms in total. The molecule has 0 saturated carbocycles. The van der Waals surface area contributed by atoms with Crippen LogP contribution >= 0.6 is 11.8 Å². The van der Waals surface area contributed by atoms with Crippen LogP contribution in [0.2, 0.25) is 0 Å². The van der Waals surface area contributed by atoms with Crippen molar-refractivity contribution in [2.24, 2.45) is 5.10 Å². The molecule has 1 aromatic carbocycles. The van der Waals surface area contributed by atoms with E-state index in [1.165, 1.54) is 4.90 Å². The lowest BCUT2D eigenvalue weighted by Crippen LogP contribution is -1.95. The van der Waals surface area contributed by atoms with Crippen LogP contribution in [0.15, 0.2) is 38.7 Å². The predicted octanol–water partition coefficient (Wildman–Crippen LogP) is 4.62. The van der Waals surface area contributed by atoms with E-state index >= 15 is 0 Å². The van der Waals surface area contributed by atoms with Gasteiger partial charge < -0.3 is 4.42 Å². The Labute approximate surface area is 140 Å². The number of anilines is 1. The maximum Gasteiger partial charge on any atom is 0.252 e. The molecule has 0 fully saturated rings. The van der Waals surface area contributed by atoms with Crippen LogP contribution < -0.4 is 5.43 Å². The Morgan fingerprint density at radius 1 is 1.35 bits per heavy atom. The molecule has 23 heavy (non-hydrogen) atoms. The third kappa shape index (κ3) is 4.36. The molecule has 1 aromatic heterocycles. The van der Waals surface area contributed by atoms with Crippen LogP contribution in [0.25, 0.3) is 0 Å². The van der Waals surface area contributed by atoms with Crippen molar-refractivity contribution in [1.29, 1.82) is 5.26 Å². The third-order valence-corrected chi connectivity index (χ3v) is 4.32. The summed E-state index contributed by atoms with van der Waals surface area (Å²) in [7, 11) is 0. The van der Waals surface area contributed by atoms with E-state index in [9.17, 15) is 0 Å². The lowest BCUT2D eigenvalue weighted by molar-refractivity contribution is 0.439. The third-order valence-electron chi connectivity index (χ3n) is 3.58. The molecule has 6 heteroatoms. The normalized spacial score (nSPS) is 11.1. The molecule has 0 aliphatic heterocycles. The summed E-state index contributed by atoms with van der Waals surface area (Å²) in [5.41, 5.74) is 3.98. The zero-order valence-corrected chi connectivity index (χ0v) is 14.4. The maximum atomic E-state index is 9.17. The van der Waals surface area contributed by atoms with Gasteiger partial charge in [0.15, 0.2) is 0 Å². The van der Waals surface area contributed by atoms with Gasteiger partial charge in [-0.15, -0.1) is 11.8 Å². The van der Waals surface area contributed by atoms with Crippen LogP contribution in [-0.4, -0.2) is 17.5 Å². The van der Waals surface area contributed by atoms with Crippen molar-refractivity contribution < 1.29 is 4.42 Å². The summed E-state index contributed by atoms with van der Waals surface area (Å²) in [5, 5.41) is 13.3. The molecule has 1 heterocycles. The monoisotopic (exact) mass is 328 g/mol. The van der Waals surface area contributed by atoms with Gasteiger partial charge in [0, 0.05) is 10.8 Å². The van der Waals surface area contributed by atoms with Gasteiger partial charge in [-0.05, 0) is 36.8 Å². The van der Waals surface area contributed by atoms with Gasteiger partial charge in [-0.2, -0.15) is 10.4 Å². The van der Waals surface area contributed by atoms with Gasteiger partial charge in [0.2, 0.25) is 11.6 Å². The van der Waals surface area contributed by atoms with E-state index < -0.39 is 0 Å². The van der Waals surface area contributed by atoms with Crippen molar-refractivity contribution in [2.75, 3.05) is 11.7 Å². The Bertz CT molecular complexity index is 696.